The van der Waals surface area contributed by atoms with Crippen molar-refractivity contribution in [3.63, 3.8) is 0 Å². The molecule has 1 fully saturated rings. The van der Waals surface area contributed by atoms with Crippen LogP contribution in [-0.2, 0) is 11.8 Å². The fraction of sp³-hybridized carbons (Fsp3) is 0.474. The Morgan fingerprint density at radius 3 is 2.81 bits per heavy atom. The number of amides is 1. The molecule has 2 aromatic heterocycles. The Bertz CT molecular complexity index is 969. The fourth-order valence-electron chi connectivity index (χ4n) is 3.81. The van der Waals surface area contributed by atoms with E-state index in [-0.39, 0.29) is 18.1 Å². The van der Waals surface area contributed by atoms with Crippen LogP contribution in [0, 0.1) is 6.92 Å². The molecule has 0 saturated heterocycles. The minimum absolute atomic E-state index is 0.145. The van der Waals surface area contributed by atoms with Crippen molar-refractivity contribution in [2.24, 2.45) is 7.05 Å². The van der Waals surface area contributed by atoms with Crippen molar-refractivity contribution in [1.82, 2.24) is 25.2 Å². The van der Waals surface area contributed by atoms with Crippen LogP contribution in [0.5, 0.6) is 0 Å². The van der Waals surface area contributed by atoms with Gasteiger partial charge in [-0.1, -0.05) is 17.3 Å². The van der Waals surface area contributed by atoms with Gasteiger partial charge in [0, 0.05) is 30.0 Å². The highest BCUT2D eigenvalue weighted by Gasteiger charge is 2.27. The van der Waals surface area contributed by atoms with Gasteiger partial charge in [-0.15, -0.1) is 0 Å². The minimum atomic E-state index is -0.376. The summed E-state index contributed by atoms with van der Waals surface area (Å²) >= 11 is 0. The number of aryl methyl sites for hydroxylation is 2. The molecule has 27 heavy (non-hydrogen) atoms. The number of nitrogens with one attached hydrogen (secondary N) is 1. The first kappa shape index (κ1) is 17.5. The number of hydrogen-bond donors (Lipinski definition) is 1. The standard InChI is InChI=1S/C19H23N5O3/c1-11-15-9-6-13(10-16(15)24(2)22-11)17-21-18(27-23-17)12-4-7-14(8-5-12)20-19(25)26-3/h6,9-10,12,14H,4-5,7-8H2,1-3H3,(H,20,25). The summed E-state index contributed by atoms with van der Waals surface area (Å²) in [5, 5.41) is 12.6. The maximum Gasteiger partial charge on any atom is 0.407 e. The molecule has 0 bridgehead atoms. The van der Waals surface area contributed by atoms with Gasteiger partial charge in [-0.05, 0) is 38.7 Å². The van der Waals surface area contributed by atoms with Crippen molar-refractivity contribution < 1.29 is 14.1 Å². The lowest BCUT2D eigenvalue weighted by atomic mass is 9.86. The lowest BCUT2D eigenvalue weighted by Crippen LogP contribution is -2.37. The molecule has 0 spiro atoms. The van der Waals surface area contributed by atoms with E-state index in [0.717, 1.165) is 47.8 Å². The van der Waals surface area contributed by atoms with Crippen molar-refractivity contribution in [3.05, 3.63) is 29.8 Å². The number of nitrogens with zero attached hydrogens (tertiary/aromatic N) is 4. The number of aromatic nitrogens is 4. The normalized spacial score (nSPS) is 20.0. The molecule has 1 aromatic carbocycles. The predicted molar refractivity (Wildman–Crippen MR) is 99.3 cm³/mol. The molecule has 1 saturated carbocycles. The van der Waals surface area contributed by atoms with Gasteiger partial charge in [0.15, 0.2) is 0 Å². The number of alkyl carbamates (subject to hydrolysis) is 1. The Balaban J connectivity index is 1.48. The van der Waals surface area contributed by atoms with Crippen LogP contribution in [0.2, 0.25) is 0 Å². The van der Waals surface area contributed by atoms with Crippen LogP contribution in [0.4, 0.5) is 4.79 Å². The minimum Gasteiger partial charge on any atom is -0.453 e. The maximum absolute atomic E-state index is 11.3. The van der Waals surface area contributed by atoms with Gasteiger partial charge in [0.25, 0.3) is 0 Å². The van der Waals surface area contributed by atoms with Crippen LogP contribution in [0.3, 0.4) is 0 Å². The van der Waals surface area contributed by atoms with Crippen LogP contribution in [0.25, 0.3) is 22.3 Å². The third-order valence-electron chi connectivity index (χ3n) is 5.32. The Hall–Kier alpha value is -2.90. The zero-order chi connectivity index (χ0) is 19.0. The lowest BCUT2D eigenvalue weighted by Gasteiger charge is -2.26. The fourth-order valence-corrected chi connectivity index (χ4v) is 3.81. The first-order chi connectivity index (χ1) is 13.0. The highest BCUT2D eigenvalue weighted by atomic mass is 16.5. The molecule has 1 amide bonds. The molecule has 1 N–H and O–H groups in total. The molecule has 1 aliphatic rings. The lowest BCUT2D eigenvalue weighted by molar-refractivity contribution is 0.161. The van der Waals surface area contributed by atoms with Crippen LogP contribution >= 0.6 is 0 Å². The number of rotatable bonds is 3. The Morgan fingerprint density at radius 1 is 1.30 bits per heavy atom. The van der Waals surface area contributed by atoms with Crippen molar-refractivity contribution in [3.8, 4) is 11.4 Å². The van der Waals surface area contributed by atoms with Gasteiger partial charge in [0.05, 0.1) is 18.3 Å². The number of carbonyl (C=O) groups excluding carboxylic acids is 1. The third kappa shape index (κ3) is 3.39. The first-order valence-corrected chi connectivity index (χ1v) is 9.17. The maximum atomic E-state index is 11.3. The summed E-state index contributed by atoms with van der Waals surface area (Å²) in [6.07, 6.45) is 3.17. The van der Waals surface area contributed by atoms with E-state index in [1.165, 1.54) is 7.11 Å². The summed E-state index contributed by atoms with van der Waals surface area (Å²) in [4.78, 5) is 16.0. The van der Waals surface area contributed by atoms with Crippen LogP contribution in [-0.4, -0.2) is 39.2 Å². The molecule has 0 aliphatic heterocycles. The van der Waals surface area contributed by atoms with Crippen LogP contribution in [0.1, 0.15) is 43.2 Å². The van der Waals surface area contributed by atoms with E-state index >= 15 is 0 Å². The summed E-state index contributed by atoms with van der Waals surface area (Å²) in [5.41, 5.74) is 2.97. The number of hydrogen-bond acceptors (Lipinski definition) is 6. The second-order valence-electron chi connectivity index (χ2n) is 7.08. The van der Waals surface area contributed by atoms with E-state index in [4.69, 9.17) is 4.52 Å². The SMILES string of the molecule is COC(=O)NC1CCC(c2nc(-c3ccc4c(C)nn(C)c4c3)no2)CC1. The number of ether oxygens (including phenoxy) is 1. The first-order valence-electron chi connectivity index (χ1n) is 9.17. The van der Waals surface area contributed by atoms with Gasteiger partial charge in [0.2, 0.25) is 11.7 Å². The highest BCUT2D eigenvalue weighted by Crippen LogP contribution is 2.33. The largest absolute Gasteiger partial charge is 0.453 e. The quantitative estimate of drug-likeness (QED) is 0.761. The Labute approximate surface area is 156 Å². The van der Waals surface area contributed by atoms with Gasteiger partial charge in [-0.2, -0.15) is 10.1 Å². The third-order valence-corrected chi connectivity index (χ3v) is 5.32. The molecule has 0 atom stereocenters. The van der Waals surface area contributed by atoms with E-state index in [1.54, 1.807) is 0 Å². The van der Waals surface area contributed by atoms with Crippen molar-refractivity contribution >= 4 is 17.0 Å². The van der Waals surface area contributed by atoms with Gasteiger partial charge >= 0.3 is 6.09 Å². The predicted octanol–water partition coefficient (Wildman–Crippen LogP) is 3.31. The van der Waals surface area contributed by atoms with Gasteiger partial charge in [-0.25, -0.2) is 4.79 Å². The molecule has 0 radical (unpaired) electrons. The molecular weight excluding hydrogens is 346 g/mol. The van der Waals surface area contributed by atoms with Crippen molar-refractivity contribution in [2.45, 2.75) is 44.6 Å². The Morgan fingerprint density at radius 2 is 2.07 bits per heavy atom. The van der Waals surface area contributed by atoms with Gasteiger partial charge < -0.3 is 14.6 Å². The van der Waals surface area contributed by atoms with E-state index in [1.807, 2.05) is 36.9 Å². The average molecular weight is 369 g/mol. The molecule has 142 valence electrons. The average Bonchev–Trinajstić information content (AvgIpc) is 3.27. The molecule has 0 unspecified atom stereocenters. The monoisotopic (exact) mass is 369 g/mol. The molecule has 2 heterocycles. The molecular formula is C19H23N5O3. The summed E-state index contributed by atoms with van der Waals surface area (Å²) < 4.78 is 12.1. The van der Waals surface area contributed by atoms with Crippen LogP contribution in [0.15, 0.2) is 22.7 Å². The molecule has 1 aliphatic carbocycles. The second-order valence-corrected chi connectivity index (χ2v) is 7.08. The summed E-state index contributed by atoms with van der Waals surface area (Å²) in [5.74, 6) is 1.49. The molecule has 4 rings (SSSR count). The van der Waals surface area contributed by atoms with Crippen LogP contribution < -0.4 is 5.32 Å². The molecule has 8 nitrogen and oxygen atoms in total. The molecule has 8 heteroatoms. The second kappa shape index (κ2) is 7.02. The number of methoxy groups -OCH3 is 1. The van der Waals surface area contributed by atoms with E-state index in [2.05, 4.69) is 25.3 Å². The molecule has 3 aromatic rings. The van der Waals surface area contributed by atoms with Crippen molar-refractivity contribution in [1.29, 1.82) is 0 Å². The Kier molecular flexibility index (Phi) is 4.55. The zero-order valence-electron chi connectivity index (χ0n) is 15.7. The summed E-state index contributed by atoms with van der Waals surface area (Å²) in [7, 11) is 3.31. The summed E-state index contributed by atoms with van der Waals surface area (Å²) in [6, 6.07) is 6.24. The van der Waals surface area contributed by atoms with Gasteiger partial charge in [0.1, 0.15) is 0 Å². The van der Waals surface area contributed by atoms with E-state index in [9.17, 15) is 4.79 Å². The van der Waals surface area contributed by atoms with Gasteiger partial charge in [-0.3, -0.25) is 4.68 Å². The van der Waals surface area contributed by atoms with E-state index < -0.39 is 0 Å². The highest BCUT2D eigenvalue weighted by molar-refractivity contribution is 5.85. The number of carbonyl (C=O) groups is 1. The summed E-state index contributed by atoms with van der Waals surface area (Å²) in [6.45, 7) is 2.00. The van der Waals surface area contributed by atoms with E-state index in [0.29, 0.717) is 11.7 Å². The number of benzene rings is 1. The smallest absolute Gasteiger partial charge is 0.407 e. The topological polar surface area (TPSA) is 95.1 Å². The zero-order valence-corrected chi connectivity index (χ0v) is 15.7. The number of fused-ring (bicyclic) bond motifs is 1. The van der Waals surface area contributed by atoms with Crippen molar-refractivity contribution in [2.75, 3.05) is 7.11 Å².